The molecule has 1 aliphatic heterocycles. The molecule has 1 fully saturated rings. The van der Waals surface area contributed by atoms with Crippen LogP contribution in [0.2, 0.25) is 0 Å². The van der Waals surface area contributed by atoms with E-state index in [1.54, 1.807) is 6.92 Å². The number of aliphatic carboxylic acids is 1. The van der Waals surface area contributed by atoms with Gasteiger partial charge in [-0.2, -0.15) is 0 Å². The molecule has 0 spiro atoms. The number of nitrogens with zero attached hydrogens (tertiary/aromatic N) is 2. The largest absolute Gasteiger partial charge is 0.481 e. The first-order chi connectivity index (χ1) is 8.03. The van der Waals surface area contributed by atoms with Crippen LogP contribution in [0.4, 0.5) is 0 Å². The van der Waals surface area contributed by atoms with E-state index >= 15 is 0 Å². The van der Waals surface area contributed by atoms with E-state index in [0.717, 1.165) is 0 Å². The second kappa shape index (κ2) is 4.20. The van der Waals surface area contributed by atoms with Gasteiger partial charge in [0.25, 0.3) is 5.91 Å². The van der Waals surface area contributed by atoms with Gasteiger partial charge in [0.1, 0.15) is 0 Å². The van der Waals surface area contributed by atoms with E-state index in [1.165, 1.54) is 17.2 Å². The lowest BCUT2D eigenvalue weighted by molar-refractivity contribution is -0.150. The summed E-state index contributed by atoms with van der Waals surface area (Å²) in [5.41, 5.74) is -0.867. The van der Waals surface area contributed by atoms with Crippen molar-refractivity contribution in [1.82, 2.24) is 10.1 Å². The lowest BCUT2D eigenvalue weighted by Gasteiger charge is -2.36. The first-order valence-electron chi connectivity index (χ1n) is 5.46. The highest BCUT2D eigenvalue weighted by molar-refractivity contribution is 5.91. The molecule has 0 aromatic carbocycles. The van der Waals surface area contributed by atoms with E-state index in [0.29, 0.717) is 19.4 Å². The average Bonchev–Trinajstić information content (AvgIpc) is 2.81. The van der Waals surface area contributed by atoms with Gasteiger partial charge in [-0.3, -0.25) is 9.59 Å². The van der Waals surface area contributed by atoms with E-state index in [-0.39, 0.29) is 18.2 Å². The quantitative estimate of drug-likeness (QED) is 0.831. The fourth-order valence-corrected chi connectivity index (χ4v) is 2.07. The number of carbonyl (C=O) groups is 2. The summed E-state index contributed by atoms with van der Waals surface area (Å²) in [4.78, 5) is 24.6. The van der Waals surface area contributed by atoms with Gasteiger partial charge in [-0.15, -0.1) is 0 Å². The topological polar surface area (TPSA) is 83.6 Å². The minimum atomic E-state index is -0.868. The van der Waals surface area contributed by atoms with Crippen molar-refractivity contribution < 1.29 is 19.2 Å². The molecule has 6 heteroatoms. The van der Waals surface area contributed by atoms with Gasteiger partial charge in [-0.25, -0.2) is 0 Å². The molecule has 2 rings (SSSR count). The van der Waals surface area contributed by atoms with Crippen LogP contribution in [0.25, 0.3) is 0 Å². The van der Waals surface area contributed by atoms with E-state index < -0.39 is 11.4 Å². The summed E-state index contributed by atoms with van der Waals surface area (Å²) < 4.78 is 4.79. The molecule has 0 saturated carbocycles. The first-order valence-corrected chi connectivity index (χ1v) is 5.46. The molecule has 2 heterocycles. The highest BCUT2D eigenvalue weighted by Crippen LogP contribution is 2.30. The molecule has 17 heavy (non-hydrogen) atoms. The molecule has 6 nitrogen and oxygen atoms in total. The van der Waals surface area contributed by atoms with Crippen LogP contribution in [-0.2, 0) is 4.79 Å². The molecule has 0 bridgehead atoms. The van der Waals surface area contributed by atoms with Crippen molar-refractivity contribution in [3.8, 4) is 0 Å². The zero-order chi connectivity index (χ0) is 12.5. The van der Waals surface area contributed by atoms with Crippen LogP contribution in [0.3, 0.4) is 0 Å². The van der Waals surface area contributed by atoms with Crippen LogP contribution < -0.4 is 0 Å². The molecule has 1 atom stereocenters. The highest BCUT2D eigenvalue weighted by atomic mass is 16.5. The van der Waals surface area contributed by atoms with Crippen LogP contribution in [0, 0.1) is 5.41 Å². The van der Waals surface area contributed by atoms with Gasteiger partial charge in [0.15, 0.2) is 0 Å². The molecular formula is C11H14N2O4. The summed E-state index contributed by atoms with van der Waals surface area (Å²) in [6.45, 7) is 2.43. The number of aromatic nitrogens is 1. The van der Waals surface area contributed by atoms with Gasteiger partial charge >= 0.3 is 5.97 Å². The first kappa shape index (κ1) is 11.6. The number of hydrogen-bond acceptors (Lipinski definition) is 4. The van der Waals surface area contributed by atoms with Gasteiger partial charge in [0.05, 0.1) is 11.6 Å². The summed E-state index contributed by atoms with van der Waals surface area (Å²) in [6, 6.07) is 1.48. The van der Waals surface area contributed by atoms with Gasteiger partial charge in [0, 0.05) is 19.2 Å². The van der Waals surface area contributed by atoms with Crippen LogP contribution in [-0.4, -0.2) is 40.1 Å². The smallest absolute Gasteiger partial charge is 0.311 e. The Balaban J connectivity index is 2.13. The Morgan fingerprint density at radius 3 is 2.94 bits per heavy atom. The maximum absolute atomic E-state index is 12.0. The third-order valence-corrected chi connectivity index (χ3v) is 3.15. The number of carboxylic acids is 1. The van der Waals surface area contributed by atoms with Gasteiger partial charge in [-0.1, -0.05) is 5.16 Å². The standard InChI is InChI=1S/C11H14N2O4/c1-11(10(15)16)4-2-6-13(7-11)9(14)8-3-5-12-17-8/h3,5H,2,4,6-7H2,1H3,(H,15,16). The number of hydrogen-bond donors (Lipinski definition) is 1. The summed E-state index contributed by atoms with van der Waals surface area (Å²) in [5.74, 6) is -1.01. The average molecular weight is 238 g/mol. The van der Waals surface area contributed by atoms with Crippen molar-refractivity contribution in [3.63, 3.8) is 0 Å². The molecule has 1 saturated heterocycles. The summed E-state index contributed by atoms with van der Waals surface area (Å²) in [7, 11) is 0. The lowest BCUT2D eigenvalue weighted by Crippen LogP contribution is -2.48. The molecule has 0 radical (unpaired) electrons. The number of piperidine rings is 1. The fraction of sp³-hybridized carbons (Fsp3) is 0.545. The lowest BCUT2D eigenvalue weighted by atomic mass is 9.82. The van der Waals surface area contributed by atoms with Gasteiger partial charge in [0.2, 0.25) is 5.76 Å². The van der Waals surface area contributed by atoms with Gasteiger partial charge < -0.3 is 14.5 Å². The van der Waals surface area contributed by atoms with E-state index in [2.05, 4.69) is 5.16 Å². The van der Waals surface area contributed by atoms with Crippen LogP contribution in [0.15, 0.2) is 16.8 Å². The Hall–Kier alpha value is -1.85. The second-order valence-corrected chi connectivity index (χ2v) is 4.57. The third kappa shape index (κ3) is 2.15. The molecule has 1 N–H and O–H groups in total. The Kier molecular flexibility index (Phi) is 2.87. The summed E-state index contributed by atoms with van der Waals surface area (Å²) in [5, 5.41) is 12.6. The fourth-order valence-electron chi connectivity index (χ4n) is 2.07. The molecule has 0 aliphatic carbocycles. The molecular weight excluding hydrogens is 224 g/mol. The maximum Gasteiger partial charge on any atom is 0.311 e. The van der Waals surface area contributed by atoms with Crippen molar-refractivity contribution >= 4 is 11.9 Å². The Labute approximate surface area is 98.2 Å². The van der Waals surface area contributed by atoms with Gasteiger partial charge in [-0.05, 0) is 19.8 Å². The zero-order valence-electron chi connectivity index (χ0n) is 9.55. The van der Waals surface area contributed by atoms with Crippen molar-refractivity contribution in [2.75, 3.05) is 13.1 Å². The Morgan fingerprint density at radius 1 is 1.59 bits per heavy atom. The predicted octanol–water partition coefficient (Wildman–Crippen LogP) is 1.00. The minimum Gasteiger partial charge on any atom is -0.481 e. The summed E-state index contributed by atoms with van der Waals surface area (Å²) >= 11 is 0. The number of rotatable bonds is 2. The van der Waals surface area contributed by atoms with E-state index in [4.69, 9.17) is 9.63 Å². The third-order valence-electron chi connectivity index (χ3n) is 3.15. The Bertz CT molecular complexity index is 429. The molecule has 1 aromatic heterocycles. The number of likely N-dealkylation sites (tertiary alicyclic amines) is 1. The monoisotopic (exact) mass is 238 g/mol. The zero-order valence-corrected chi connectivity index (χ0v) is 9.55. The van der Waals surface area contributed by atoms with Crippen molar-refractivity contribution in [1.29, 1.82) is 0 Å². The summed E-state index contributed by atoms with van der Waals surface area (Å²) in [6.07, 6.45) is 2.67. The SMILES string of the molecule is CC1(C(=O)O)CCCN(C(=O)c2ccno2)C1. The number of carbonyl (C=O) groups excluding carboxylic acids is 1. The molecule has 1 unspecified atom stereocenters. The minimum absolute atomic E-state index is 0.152. The second-order valence-electron chi connectivity index (χ2n) is 4.57. The van der Waals surface area contributed by atoms with Crippen LogP contribution in [0.5, 0.6) is 0 Å². The van der Waals surface area contributed by atoms with Crippen molar-refractivity contribution in [2.24, 2.45) is 5.41 Å². The molecule has 1 aliphatic rings. The molecule has 1 amide bonds. The molecule has 1 aromatic rings. The number of carboxylic acid groups (broad SMARTS) is 1. The molecule has 92 valence electrons. The predicted molar refractivity (Wildman–Crippen MR) is 57.4 cm³/mol. The number of amides is 1. The van der Waals surface area contributed by atoms with Crippen molar-refractivity contribution in [3.05, 3.63) is 18.0 Å². The van der Waals surface area contributed by atoms with Crippen molar-refractivity contribution in [2.45, 2.75) is 19.8 Å². The normalized spacial score (nSPS) is 24.6. The van der Waals surface area contributed by atoms with Crippen LogP contribution in [0.1, 0.15) is 30.3 Å². The maximum atomic E-state index is 12.0. The van der Waals surface area contributed by atoms with E-state index in [1.807, 2.05) is 0 Å². The Morgan fingerprint density at radius 2 is 2.35 bits per heavy atom. The van der Waals surface area contributed by atoms with E-state index in [9.17, 15) is 9.59 Å². The highest BCUT2D eigenvalue weighted by Gasteiger charge is 2.40. The van der Waals surface area contributed by atoms with Crippen LogP contribution >= 0.6 is 0 Å².